The molecule has 30 heavy (non-hydrogen) atoms. The number of fused-ring (bicyclic) bond motifs is 1. The van der Waals surface area contributed by atoms with Crippen LogP contribution >= 0.6 is 0 Å². The van der Waals surface area contributed by atoms with Gasteiger partial charge in [-0.1, -0.05) is 42.5 Å². The van der Waals surface area contributed by atoms with Crippen LogP contribution in [0.15, 0.2) is 59.1 Å². The molecule has 0 unspecified atom stereocenters. The number of rotatable bonds is 2. The Labute approximate surface area is 175 Å². The molecule has 0 aliphatic carbocycles. The number of nitriles is 1. The van der Waals surface area contributed by atoms with Crippen molar-refractivity contribution in [1.29, 1.82) is 5.26 Å². The standard InChI is InChI=1S/C24H22N4O2/c1-16-9-3-4-10-17(16)23(29)27-22-19-12-6-5-11-18(19)21(26-22)20(15-25)24(30)28-13-7-2-8-14-28/h3-6,9-12H,2,7-8,13-14H2,1H3,(H,26,27,29)/b21-20+. The van der Waals surface area contributed by atoms with Gasteiger partial charge in [-0.3, -0.25) is 9.59 Å². The van der Waals surface area contributed by atoms with Gasteiger partial charge in [0.2, 0.25) is 0 Å². The maximum Gasteiger partial charge on any atom is 0.266 e. The monoisotopic (exact) mass is 398 g/mol. The summed E-state index contributed by atoms with van der Waals surface area (Å²) >= 11 is 0. The number of piperidine rings is 1. The van der Waals surface area contributed by atoms with Gasteiger partial charge < -0.3 is 10.2 Å². The smallest absolute Gasteiger partial charge is 0.266 e. The maximum atomic E-state index is 13.0. The normalized spacial score (nSPS) is 16.9. The number of benzene rings is 2. The lowest BCUT2D eigenvalue weighted by atomic mass is 10.0. The summed E-state index contributed by atoms with van der Waals surface area (Å²) in [4.78, 5) is 32.1. The highest BCUT2D eigenvalue weighted by atomic mass is 16.2. The van der Waals surface area contributed by atoms with Crippen molar-refractivity contribution >= 4 is 23.3 Å². The molecule has 2 amide bonds. The Morgan fingerprint density at radius 1 is 1.00 bits per heavy atom. The molecule has 2 heterocycles. The van der Waals surface area contributed by atoms with Gasteiger partial charge in [0.1, 0.15) is 17.5 Å². The topological polar surface area (TPSA) is 85.6 Å². The van der Waals surface area contributed by atoms with Crippen LogP contribution in [-0.4, -0.2) is 35.6 Å². The predicted octanol–water partition coefficient (Wildman–Crippen LogP) is 3.43. The highest BCUT2D eigenvalue weighted by molar-refractivity contribution is 6.20. The summed E-state index contributed by atoms with van der Waals surface area (Å²) in [6, 6.07) is 16.7. The fraction of sp³-hybridized carbons (Fsp3) is 0.250. The Morgan fingerprint density at radius 3 is 2.37 bits per heavy atom. The van der Waals surface area contributed by atoms with E-state index in [1.54, 1.807) is 11.0 Å². The van der Waals surface area contributed by atoms with Crippen LogP contribution < -0.4 is 5.32 Å². The summed E-state index contributed by atoms with van der Waals surface area (Å²) in [5, 5.41) is 12.6. The van der Waals surface area contributed by atoms with E-state index < -0.39 is 0 Å². The van der Waals surface area contributed by atoms with Gasteiger partial charge in [0.05, 0.1) is 5.70 Å². The Kier molecular flexibility index (Phi) is 5.44. The Morgan fingerprint density at radius 2 is 1.67 bits per heavy atom. The second-order valence-corrected chi connectivity index (χ2v) is 7.46. The van der Waals surface area contributed by atoms with Gasteiger partial charge in [-0.15, -0.1) is 0 Å². The second-order valence-electron chi connectivity index (χ2n) is 7.46. The first-order valence-electron chi connectivity index (χ1n) is 10.1. The number of likely N-dealkylation sites (tertiary alicyclic amines) is 1. The zero-order valence-corrected chi connectivity index (χ0v) is 16.8. The van der Waals surface area contributed by atoms with Gasteiger partial charge in [0.25, 0.3) is 11.8 Å². The molecule has 2 aromatic carbocycles. The molecule has 150 valence electrons. The van der Waals surface area contributed by atoms with Crippen LogP contribution in [0.3, 0.4) is 0 Å². The molecule has 2 aliphatic heterocycles. The second kappa shape index (κ2) is 8.34. The molecule has 4 rings (SSSR count). The van der Waals surface area contributed by atoms with Gasteiger partial charge in [0.15, 0.2) is 0 Å². The van der Waals surface area contributed by atoms with Crippen LogP contribution in [0.4, 0.5) is 0 Å². The van der Waals surface area contributed by atoms with Crippen molar-refractivity contribution in [2.24, 2.45) is 4.99 Å². The van der Waals surface area contributed by atoms with Gasteiger partial charge in [0, 0.05) is 29.8 Å². The maximum absolute atomic E-state index is 13.0. The number of carbonyl (C=O) groups excluding carboxylic acids is 2. The van der Waals surface area contributed by atoms with E-state index in [-0.39, 0.29) is 17.4 Å². The number of hydrogen-bond donors (Lipinski definition) is 1. The quantitative estimate of drug-likeness (QED) is 0.621. The highest BCUT2D eigenvalue weighted by Gasteiger charge is 2.30. The first-order valence-corrected chi connectivity index (χ1v) is 10.1. The molecule has 1 saturated heterocycles. The molecule has 0 saturated carbocycles. The number of carbonyl (C=O) groups is 2. The number of aliphatic imine (C=N–C) groups is 1. The molecule has 6 nitrogen and oxygen atoms in total. The molecule has 2 aliphatic rings. The third kappa shape index (κ3) is 3.62. The van der Waals surface area contributed by atoms with E-state index in [0.29, 0.717) is 41.3 Å². The van der Waals surface area contributed by atoms with E-state index in [9.17, 15) is 14.9 Å². The van der Waals surface area contributed by atoms with E-state index in [1.165, 1.54) is 0 Å². The molecule has 2 aromatic rings. The van der Waals surface area contributed by atoms with Crippen molar-refractivity contribution in [3.05, 3.63) is 76.4 Å². The number of nitrogens with zero attached hydrogens (tertiary/aromatic N) is 3. The summed E-state index contributed by atoms with van der Waals surface area (Å²) in [5.74, 6) is -0.214. The SMILES string of the molecule is Cc1ccccc1C(=O)NC1=N/C(=C(\C#N)C(=O)N2CCCCC2)c2ccccc21. The minimum atomic E-state index is -0.294. The van der Waals surface area contributed by atoms with Crippen molar-refractivity contribution in [3.8, 4) is 6.07 Å². The first-order chi connectivity index (χ1) is 14.6. The van der Waals surface area contributed by atoms with Crippen molar-refractivity contribution in [2.75, 3.05) is 13.1 Å². The Hall–Kier alpha value is -3.72. The van der Waals surface area contributed by atoms with Crippen LogP contribution in [0.2, 0.25) is 0 Å². The van der Waals surface area contributed by atoms with E-state index in [1.807, 2.05) is 49.4 Å². The minimum Gasteiger partial charge on any atom is -0.338 e. The molecule has 0 atom stereocenters. The summed E-state index contributed by atoms with van der Waals surface area (Å²) in [7, 11) is 0. The third-order valence-electron chi connectivity index (χ3n) is 5.49. The molecular weight excluding hydrogens is 376 g/mol. The zero-order chi connectivity index (χ0) is 21.1. The molecule has 0 radical (unpaired) electrons. The lowest BCUT2D eigenvalue weighted by Gasteiger charge is -2.26. The van der Waals surface area contributed by atoms with Gasteiger partial charge in [-0.25, -0.2) is 4.99 Å². The van der Waals surface area contributed by atoms with Crippen molar-refractivity contribution in [3.63, 3.8) is 0 Å². The van der Waals surface area contributed by atoms with Gasteiger partial charge in [-0.05, 0) is 37.8 Å². The summed E-state index contributed by atoms with van der Waals surface area (Å²) in [6.07, 6.45) is 2.98. The van der Waals surface area contributed by atoms with E-state index in [4.69, 9.17) is 0 Å². The zero-order valence-electron chi connectivity index (χ0n) is 16.8. The van der Waals surface area contributed by atoms with Crippen molar-refractivity contribution in [1.82, 2.24) is 10.2 Å². The fourth-order valence-corrected chi connectivity index (χ4v) is 3.87. The molecule has 1 N–H and O–H groups in total. The molecule has 0 bridgehead atoms. The van der Waals surface area contributed by atoms with Crippen LogP contribution in [0, 0.1) is 18.3 Å². The Balaban J connectivity index is 1.72. The number of amides is 2. The number of aryl methyl sites for hydroxylation is 1. The summed E-state index contributed by atoms with van der Waals surface area (Å²) in [6.45, 7) is 3.18. The van der Waals surface area contributed by atoms with Gasteiger partial charge >= 0.3 is 0 Å². The lowest BCUT2D eigenvalue weighted by molar-refractivity contribution is -0.127. The number of amidine groups is 1. The van der Waals surface area contributed by atoms with E-state index >= 15 is 0 Å². The molecule has 1 fully saturated rings. The first kappa shape index (κ1) is 19.6. The number of nitrogens with one attached hydrogen (secondary N) is 1. The van der Waals surface area contributed by atoms with Crippen LogP contribution in [0.1, 0.15) is 46.3 Å². The van der Waals surface area contributed by atoms with E-state index in [2.05, 4.69) is 16.4 Å². The minimum absolute atomic E-state index is 0.0180. The summed E-state index contributed by atoms with van der Waals surface area (Å²) < 4.78 is 0. The third-order valence-corrected chi connectivity index (χ3v) is 5.49. The molecule has 0 spiro atoms. The van der Waals surface area contributed by atoms with Crippen molar-refractivity contribution < 1.29 is 9.59 Å². The van der Waals surface area contributed by atoms with Crippen LogP contribution in [0.25, 0.3) is 5.70 Å². The molecular formula is C24H22N4O2. The molecule has 6 heteroatoms. The van der Waals surface area contributed by atoms with Crippen molar-refractivity contribution in [2.45, 2.75) is 26.2 Å². The van der Waals surface area contributed by atoms with Crippen LogP contribution in [-0.2, 0) is 4.79 Å². The highest BCUT2D eigenvalue weighted by Crippen LogP contribution is 2.31. The Bertz CT molecular complexity index is 1120. The average Bonchev–Trinajstić information content (AvgIpc) is 3.13. The predicted molar refractivity (Wildman–Crippen MR) is 115 cm³/mol. The average molecular weight is 398 g/mol. The van der Waals surface area contributed by atoms with Crippen LogP contribution in [0.5, 0.6) is 0 Å². The lowest BCUT2D eigenvalue weighted by Crippen LogP contribution is -2.36. The van der Waals surface area contributed by atoms with E-state index in [0.717, 1.165) is 24.8 Å². The molecule has 0 aromatic heterocycles. The largest absolute Gasteiger partial charge is 0.338 e. The summed E-state index contributed by atoms with van der Waals surface area (Å²) in [5.41, 5.74) is 3.14. The fourth-order valence-electron chi connectivity index (χ4n) is 3.87. The van der Waals surface area contributed by atoms with Gasteiger partial charge in [-0.2, -0.15) is 5.26 Å². The number of hydrogen-bond acceptors (Lipinski definition) is 4.